The Bertz CT molecular complexity index is 847. The fraction of sp³-hybridized carbons (Fsp3) is 0.458. The number of hydrogen-bond acceptors (Lipinski definition) is 5. The predicted molar refractivity (Wildman–Crippen MR) is 118 cm³/mol. The molecule has 1 amide bonds. The molecule has 3 N–H and O–H groups in total. The van der Waals surface area contributed by atoms with Crippen LogP contribution in [0.2, 0.25) is 0 Å². The highest BCUT2D eigenvalue weighted by Gasteiger charge is 2.32. The van der Waals surface area contributed by atoms with Gasteiger partial charge in [-0.05, 0) is 55.0 Å². The summed E-state index contributed by atoms with van der Waals surface area (Å²) in [5.74, 6) is 1.01. The topological polar surface area (TPSA) is 65.6 Å². The smallest absolute Gasteiger partial charge is 0.224 e. The zero-order valence-corrected chi connectivity index (χ0v) is 17.9. The van der Waals surface area contributed by atoms with E-state index in [0.717, 1.165) is 43.7 Å². The van der Waals surface area contributed by atoms with E-state index in [-0.39, 0.29) is 11.9 Å². The van der Waals surface area contributed by atoms with Gasteiger partial charge in [0.05, 0.1) is 19.7 Å². The van der Waals surface area contributed by atoms with E-state index in [2.05, 4.69) is 46.2 Å². The molecule has 2 aromatic rings. The number of piperidine rings is 1. The number of aryl methyl sites for hydroxylation is 1. The molecule has 2 heterocycles. The Kier molecular flexibility index (Phi) is 6.67. The van der Waals surface area contributed by atoms with Crippen molar-refractivity contribution in [2.45, 2.75) is 50.9 Å². The Hall–Kier alpha value is -2.41. The van der Waals surface area contributed by atoms with Crippen LogP contribution in [0.25, 0.3) is 0 Å². The summed E-state index contributed by atoms with van der Waals surface area (Å²) in [5.41, 5.74) is 10.4. The maximum Gasteiger partial charge on any atom is 0.224 e. The van der Waals surface area contributed by atoms with Gasteiger partial charge in [-0.3, -0.25) is 9.69 Å². The summed E-state index contributed by atoms with van der Waals surface area (Å²) >= 11 is 0. The van der Waals surface area contributed by atoms with Crippen LogP contribution in [0.3, 0.4) is 0 Å². The Morgan fingerprint density at radius 3 is 2.53 bits per heavy atom. The second-order valence-corrected chi connectivity index (χ2v) is 8.35. The van der Waals surface area contributed by atoms with E-state index in [9.17, 15) is 4.79 Å². The first-order valence-corrected chi connectivity index (χ1v) is 10.9. The summed E-state index contributed by atoms with van der Waals surface area (Å²) in [6.45, 7) is 4.04. The molecule has 0 aromatic heterocycles. The molecule has 0 aliphatic carbocycles. The third-order valence-corrected chi connectivity index (χ3v) is 6.35. The van der Waals surface area contributed by atoms with Crippen LogP contribution in [-0.2, 0) is 11.2 Å². The number of hydrazine groups is 1. The minimum Gasteiger partial charge on any atom is -0.497 e. The van der Waals surface area contributed by atoms with Gasteiger partial charge >= 0.3 is 0 Å². The number of amides is 1. The van der Waals surface area contributed by atoms with Crippen LogP contribution >= 0.6 is 0 Å². The first-order valence-electron chi connectivity index (χ1n) is 10.9. The number of ether oxygens (including phenoxy) is 1. The number of carbonyl (C=O) groups is 1. The van der Waals surface area contributed by atoms with Crippen molar-refractivity contribution in [2.24, 2.45) is 0 Å². The lowest BCUT2D eigenvalue weighted by atomic mass is 10.0. The second kappa shape index (κ2) is 9.60. The first-order chi connectivity index (χ1) is 14.6. The zero-order chi connectivity index (χ0) is 20.9. The lowest BCUT2D eigenvalue weighted by Crippen LogP contribution is -2.51. The molecule has 2 aliphatic rings. The summed E-state index contributed by atoms with van der Waals surface area (Å²) < 4.78 is 5.25. The maximum absolute atomic E-state index is 12.5. The Labute approximate surface area is 179 Å². The fourth-order valence-electron chi connectivity index (χ4n) is 4.45. The molecular weight excluding hydrogens is 376 g/mol. The summed E-state index contributed by atoms with van der Waals surface area (Å²) in [5, 5.41) is 3.24. The van der Waals surface area contributed by atoms with Crippen molar-refractivity contribution in [1.82, 2.24) is 21.1 Å². The molecule has 6 nitrogen and oxygen atoms in total. The highest BCUT2D eigenvalue weighted by molar-refractivity contribution is 5.79. The van der Waals surface area contributed by atoms with Crippen molar-refractivity contribution >= 4 is 5.91 Å². The molecule has 2 saturated heterocycles. The number of nitrogens with one attached hydrogen (secondary N) is 3. The average molecular weight is 409 g/mol. The first kappa shape index (κ1) is 20.8. The molecular formula is C24H32N4O2. The molecule has 2 unspecified atom stereocenters. The third kappa shape index (κ3) is 5.01. The molecule has 2 aromatic carbocycles. The third-order valence-electron chi connectivity index (χ3n) is 6.35. The van der Waals surface area contributed by atoms with Crippen molar-refractivity contribution in [2.75, 3.05) is 20.2 Å². The van der Waals surface area contributed by atoms with E-state index in [1.54, 1.807) is 7.11 Å². The van der Waals surface area contributed by atoms with Gasteiger partial charge in [0.1, 0.15) is 5.75 Å². The van der Waals surface area contributed by atoms with Crippen LogP contribution < -0.4 is 20.9 Å². The number of benzene rings is 2. The van der Waals surface area contributed by atoms with Crippen molar-refractivity contribution in [3.63, 3.8) is 0 Å². The molecule has 6 heteroatoms. The number of rotatable bonds is 6. The highest BCUT2D eigenvalue weighted by Crippen LogP contribution is 2.27. The molecule has 2 fully saturated rings. The minimum absolute atomic E-state index is 0.128. The monoisotopic (exact) mass is 408 g/mol. The molecule has 0 bridgehead atoms. The Morgan fingerprint density at radius 2 is 1.83 bits per heavy atom. The van der Waals surface area contributed by atoms with E-state index in [0.29, 0.717) is 18.6 Å². The van der Waals surface area contributed by atoms with Crippen molar-refractivity contribution in [3.8, 4) is 5.75 Å². The molecule has 0 saturated carbocycles. The van der Waals surface area contributed by atoms with Crippen LogP contribution in [0.15, 0.2) is 48.5 Å². The van der Waals surface area contributed by atoms with Crippen LogP contribution in [0.4, 0.5) is 0 Å². The Morgan fingerprint density at radius 1 is 1.10 bits per heavy atom. The summed E-state index contributed by atoms with van der Waals surface area (Å²) in [6.07, 6.45) is 3.79. The zero-order valence-electron chi connectivity index (χ0n) is 17.9. The van der Waals surface area contributed by atoms with Gasteiger partial charge in [-0.1, -0.05) is 36.4 Å². The summed E-state index contributed by atoms with van der Waals surface area (Å²) in [4.78, 5) is 14.9. The summed E-state index contributed by atoms with van der Waals surface area (Å²) in [7, 11) is 1.69. The fourth-order valence-corrected chi connectivity index (χ4v) is 4.45. The lowest BCUT2D eigenvalue weighted by molar-refractivity contribution is -0.121. The minimum atomic E-state index is 0.128. The SMILES string of the molecule is COc1ccc(C2CC(N3CCC(NC(=O)Cc4ccccc4C)CC3)NN2)cc1. The lowest BCUT2D eigenvalue weighted by Gasteiger charge is -2.35. The molecule has 2 atom stereocenters. The van der Waals surface area contributed by atoms with E-state index < -0.39 is 0 Å². The van der Waals surface area contributed by atoms with Gasteiger partial charge in [-0.15, -0.1) is 0 Å². The normalized spacial score (nSPS) is 22.7. The van der Waals surface area contributed by atoms with Crippen molar-refractivity contribution in [1.29, 1.82) is 0 Å². The average Bonchev–Trinajstić information content (AvgIpc) is 3.26. The number of methoxy groups -OCH3 is 1. The van der Waals surface area contributed by atoms with Crippen LogP contribution in [0.5, 0.6) is 5.75 Å². The highest BCUT2D eigenvalue weighted by atomic mass is 16.5. The summed E-state index contributed by atoms with van der Waals surface area (Å²) in [6, 6.07) is 16.9. The van der Waals surface area contributed by atoms with E-state index in [1.807, 2.05) is 30.3 Å². The van der Waals surface area contributed by atoms with Crippen LogP contribution in [-0.4, -0.2) is 43.2 Å². The Balaban J connectivity index is 1.22. The largest absolute Gasteiger partial charge is 0.497 e. The van der Waals surface area contributed by atoms with Gasteiger partial charge in [-0.2, -0.15) is 0 Å². The molecule has 30 heavy (non-hydrogen) atoms. The number of nitrogens with zero attached hydrogens (tertiary/aromatic N) is 1. The van der Waals surface area contributed by atoms with E-state index in [1.165, 1.54) is 11.1 Å². The van der Waals surface area contributed by atoms with Crippen LogP contribution in [0.1, 0.15) is 42.0 Å². The molecule has 0 spiro atoms. The predicted octanol–water partition coefficient (Wildman–Crippen LogP) is 2.69. The van der Waals surface area contributed by atoms with Gasteiger partial charge in [-0.25, -0.2) is 10.9 Å². The van der Waals surface area contributed by atoms with Crippen LogP contribution in [0, 0.1) is 6.92 Å². The van der Waals surface area contributed by atoms with Crippen molar-refractivity contribution in [3.05, 3.63) is 65.2 Å². The quantitative estimate of drug-likeness (QED) is 0.686. The molecule has 2 aliphatic heterocycles. The molecule has 0 radical (unpaired) electrons. The van der Waals surface area contributed by atoms with Gasteiger partial charge < -0.3 is 10.1 Å². The van der Waals surface area contributed by atoms with Gasteiger partial charge in [0.25, 0.3) is 0 Å². The number of likely N-dealkylation sites (tertiary alicyclic amines) is 1. The van der Waals surface area contributed by atoms with E-state index in [4.69, 9.17) is 4.74 Å². The molecule has 4 rings (SSSR count). The van der Waals surface area contributed by atoms with Gasteiger partial charge in [0.15, 0.2) is 0 Å². The van der Waals surface area contributed by atoms with Crippen molar-refractivity contribution < 1.29 is 9.53 Å². The number of hydrogen-bond donors (Lipinski definition) is 3. The molecule has 160 valence electrons. The van der Waals surface area contributed by atoms with E-state index >= 15 is 0 Å². The standard InChI is InChI=1S/C24H32N4O2/c1-17-5-3-4-6-19(17)15-24(29)25-20-11-13-28(14-12-20)23-16-22(26-27-23)18-7-9-21(30-2)10-8-18/h3-10,20,22-23,26-27H,11-16H2,1-2H3,(H,25,29). The van der Waals surface area contributed by atoms with Gasteiger partial charge in [0.2, 0.25) is 5.91 Å². The van der Waals surface area contributed by atoms with Gasteiger partial charge in [0, 0.05) is 25.2 Å². The second-order valence-electron chi connectivity index (χ2n) is 8.35. The maximum atomic E-state index is 12.5. The number of carbonyl (C=O) groups excluding carboxylic acids is 1.